The van der Waals surface area contributed by atoms with E-state index in [1.165, 1.54) is 0 Å². The van der Waals surface area contributed by atoms with Crippen molar-refractivity contribution in [1.82, 2.24) is 9.97 Å². The summed E-state index contributed by atoms with van der Waals surface area (Å²) in [5.41, 5.74) is 6.31. The topological polar surface area (TPSA) is 78.1 Å². The maximum absolute atomic E-state index is 11.5. The Balaban J connectivity index is 3.13. The van der Waals surface area contributed by atoms with Crippen LogP contribution >= 0.6 is 11.6 Å². The molecule has 82 valence electrons. The van der Waals surface area contributed by atoms with Gasteiger partial charge in [0.1, 0.15) is 17.2 Å². The van der Waals surface area contributed by atoms with Crippen LogP contribution in [0.5, 0.6) is 0 Å². The van der Waals surface area contributed by atoms with E-state index in [1.807, 2.05) is 0 Å². The van der Waals surface area contributed by atoms with E-state index in [-0.39, 0.29) is 23.9 Å². The number of esters is 1. The second-order valence-corrected chi connectivity index (χ2v) is 3.11. The molecular formula is C9H12ClN3O2. The molecule has 0 amide bonds. The van der Waals surface area contributed by atoms with Crippen molar-refractivity contribution in [2.24, 2.45) is 0 Å². The van der Waals surface area contributed by atoms with E-state index in [0.717, 1.165) is 0 Å². The first kappa shape index (κ1) is 11.7. The van der Waals surface area contributed by atoms with Crippen LogP contribution in [-0.4, -0.2) is 22.5 Å². The van der Waals surface area contributed by atoms with Gasteiger partial charge >= 0.3 is 5.97 Å². The molecule has 15 heavy (non-hydrogen) atoms. The lowest BCUT2D eigenvalue weighted by atomic mass is 10.2. The molecule has 0 aromatic carbocycles. The molecular weight excluding hydrogens is 218 g/mol. The minimum atomic E-state index is -0.506. The third-order valence-electron chi connectivity index (χ3n) is 1.76. The number of carbonyl (C=O) groups is 1. The molecule has 1 aromatic rings. The molecule has 0 saturated carbocycles. The van der Waals surface area contributed by atoms with E-state index in [2.05, 4.69) is 9.97 Å². The number of nitrogens with two attached hydrogens (primary N) is 1. The van der Waals surface area contributed by atoms with Crippen LogP contribution in [0.4, 0.5) is 5.82 Å². The Kier molecular flexibility index (Phi) is 3.85. The van der Waals surface area contributed by atoms with Gasteiger partial charge in [-0.25, -0.2) is 14.8 Å². The molecule has 0 spiro atoms. The molecule has 0 aliphatic carbocycles. The second kappa shape index (κ2) is 4.93. The smallest absolute Gasteiger partial charge is 0.343 e. The minimum absolute atomic E-state index is 0.108. The molecule has 0 saturated heterocycles. The maximum atomic E-state index is 11.5. The molecule has 1 aromatic heterocycles. The lowest BCUT2D eigenvalue weighted by Crippen LogP contribution is -2.14. The van der Waals surface area contributed by atoms with E-state index in [4.69, 9.17) is 22.1 Å². The molecule has 1 heterocycles. The summed E-state index contributed by atoms with van der Waals surface area (Å²) in [6, 6.07) is 0. The van der Waals surface area contributed by atoms with Gasteiger partial charge < -0.3 is 10.5 Å². The average Bonchev–Trinajstić information content (AvgIpc) is 2.16. The zero-order valence-electron chi connectivity index (χ0n) is 8.58. The molecule has 2 N–H and O–H groups in total. The summed E-state index contributed by atoms with van der Waals surface area (Å²) in [4.78, 5) is 19.4. The number of rotatable bonds is 3. The van der Waals surface area contributed by atoms with Gasteiger partial charge in [-0.1, -0.05) is 0 Å². The van der Waals surface area contributed by atoms with Crippen LogP contribution in [0.2, 0.25) is 0 Å². The predicted octanol–water partition coefficient (Wildman–Crippen LogP) is 1.28. The van der Waals surface area contributed by atoms with E-state index in [9.17, 15) is 4.79 Å². The SMILES string of the molecule is CCOC(=O)c1c(C)nc(CCl)nc1N. The first-order valence-corrected chi connectivity index (χ1v) is 4.99. The van der Waals surface area contributed by atoms with Gasteiger partial charge in [0.05, 0.1) is 18.2 Å². The van der Waals surface area contributed by atoms with Crippen molar-refractivity contribution in [3.8, 4) is 0 Å². The van der Waals surface area contributed by atoms with E-state index in [0.29, 0.717) is 11.5 Å². The van der Waals surface area contributed by atoms with Crippen molar-refractivity contribution in [3.63, 3.8) is 0 Å². The Bertz CT molecular complexity index is 359. The molecule has 0 unspecified atom stereocenters. The maximum Gasteiger partial charge on any atom is 0.343 e. The molecule has 0 radical (unpaired) electrons. The van der Waals surface area contributed by atoms with Crippen LogP contribution in [0.1, 0.15) is 28.8 Å². The Morgan fingerprint density at radius 3 is 2.67 bits per heavy atom. The van der Waals surface area contributed by atoms with Gasteiger partial charge in [-0.15, -0.1) is 11.6 Å². The number of nitrogens with zero attached hydrogens (tertiary/aromatic N) is 2. The fourth-order valence-electron chi connectivity index (χ4n) is 1.17. The highest BCUT2D eigenvalue weighted by molar-refractivity contribution is 6.16. The predicted molar refractivity (Wildman–Crippen MR) is 56.7 cm³/mol. The van der Waals surface area contributed by atoms with Gasteiger partial charge in [-0.3, -0.25) is 0 Å². The van der Waals surface area contributed by atoms with Crippen LogP contribution in [0.3, 0.4) is 0 Å². The standard InChI is InChI=1S/C9H12ClN3O2/c1-3-15-9(14)7-5(2)12-6(4-10)13-8(7)11/h3-4H2,1-2H3,(H2,11,12,13). The lowest BCUT2D eigenvalue weighted by Gasteiger charge is -2.08. The van der Waals surface area contributed by atoms with Crippen molar-refractivity contribution >= 4 is 23.4 Å². The van der Waals surface area contributed by atoms with Crippen molar-refractivity contribution in [1.29, 1.82) is 0 Å². The van der Waals surface area contributed by atoms with Crippen molar-refractivity contribution < 1.29 is 9.53 Å². The summed E-state index contributed by atoms with van der Waals surface area (Å²) in [5, 5.41) is 0. The van der Waals surface area contributed by atoms with E-state index >= 15 is 0 Å². The van der Waals surface area contributed by atoms with Crippen LogP contribution < -0.4 is 5.73 Å². The molecule has 0 bridgehead atoms. The third kappa shape index (κ3) is 2.56. The normalized spacial score (nSPS) is 10.1. The summed E-state index contributed by atoms with van der Waals surface area (Å²) in [5.74, 6) is 0.165. The first-order chi connectivity index (χ1) is 7.10. The van der Waals surface area contributed by atoms with Gasteiger partial charge in [0.25, 0.3) is 0 Å². The number of hydrogen-bond acceptors (Lipinski definition) is 5. The number of hydrogen-bond donors (Lipinski definition) is 1. The van der Waals surface area contributed by atoms with Crippen LogP contribution in [0.15, 0.2) is 0 Å². The number of carbonyl (C=O) groups excluding carboxylic acids is 1. The molecule has 5 nitrogen and oxygen atoms in total. The Labute approximate surface area is 92.6 Å². The number of nitrogen functional groups attached to an aromatic ring is 1. The molecule has 0 fully saturated rings. The van der Waals surface area contributed by atoms with E-state index < -0.39 is 5.97 Å². The van der Waals surface area contributed by atoms with Gasteiger partial charge in [-0.2, -0.15) is 0 Å². The molecule has 0 aliphatic rings. The van der Waals surface area contributed by atoms with Gasteiger partial charge in [-0.05, 0) is 13.8 Å². The van der Waals surface area contributed by atoms with Gasteiger partial charge in [0.2, 0.25) is 0 Å². The number of halogens is 1. The summed E-state index contributed by atoms with van der Waals surface area (Å²) < 4.78 is 4.83. The van der Waals surface area contributed by atoms with Crippen LogP contribution in [0.25, 0.3) is 0 Å². The quantitative estimate of drug-likeness (QED) is 0.624. The third-order valence-corrected chi connectivity index (χ3v) is 2.00. The molecule has 1 rings (SSSR count). The van der Waals surface area contributed by atoms with Crippen LogP contribution in [-0.2, 0) is 10.6 Å². The van der Waals surface area contributed by atoms with Gasteiger partial charge in [0.15, 0.2) is 0 Å². The highest BCUT2D eigenvalue weighted by atomic mass is 35.5. The summed E-state index contributed by atoms with van der Waals surface area (Å²) in [7, 11) is 0. The zero-order valence-corrected chi connectivity index (χ0v) is 9.34. The number of anilines is 1. The minimum Gasteiger partial charge on any atom is -0.462 e. The van der Waals surface area contributed by atoms with Crippen molar-refractivity contribution in [2.45, 2.75) is 19.7 Å². The summed E-state index contributed by atoms with van der Waals surface area (Å²) in [6.07, 6.45) is 0. The van der Waals surface area contributed by atoms with Crippen molar-refractivity contribution in [2.75, 3.05) is 12.3 Å². The molecule has 0 atom stereocenters. The number of ether oxygens (including phenoxy) is 1. The summed E-state index contributed by atoms with van der Waals surface area (Å²) >= 11 is 5.57. The fraction of sp³-hybridized carbons (Fsp3) is 0.444. The lowest BCUT2D eigenvalue weighted by molar-refractivity contribution is 0.0526. The monoisotopic (exact) mass is 229 g/mol. The molecule has 6 heteroatoms. The van der Waals surface area contributed by atoms with Crippen LogP contribution in [0, 0.1) is 6.92 Å². The highest BCUT2D eigenvalue weighted by Crippen LogP contribution is 2.15. The largest absolute Gasteiger partial charge is 0.462 e. The van der Waals surface area contributed by atoms with Crippen molar-refractivity contribution in [3.05, 3.63) is 17.1 Å². The Morgan fingerprint density at radius 2 is 2.20 bits per heavy atom. The number of alkyl halides is 1. The molecule has 0 aliphatic heterocycles. The second-order valence-electron chi connectivity index (χ2n) is 2.84. The van der Waals surface area contributed by atoms with Gasteiger partial charge in [0, 0.05) is 0 Å². The average molecular weight is 230 g/mol. The Morgan fingerprint density at radius 1 is 1.53 bits per heavy atom. The van der Waals surface area contributed by atoms with E-state index in [1.54, 1.807) is 13.8 Å². The Hall–Kier alpha value is -1.36. The highest BCUT2D eigenvalue weighted by Gasteiger charge is 2.17. The number of aromatic nitrogens is 2. The number of aryl methyl sites for hydroxylation is 1. The fourth-order valence-corrected chi connectivity index (χ4v) is 1.29. The zero-order chi connectivity index (χ0) is 11.4. The first-order valence-electron chi connectivity index (χ1n) is 4.46. The summed E-state index contributed by atoms with van der Waals surface area (Å²) in [6.45, 7) is 3.67.